The normalized spacial score (nSPS) is 10.2. The topological polar surface area (TPSA) is 26.0 Å². The minimum absolute atomic E-state index is 0.726. The maximum absolute atomic E-state index is 5.63. The van der Waals surface area contributed by atoms with E-state index >= 15 is 0 Å². The molecule has 0 saturated heterocycles. The van der Waals surface area contributed by atoms with Gasteiger partial charge in [-0.15, -0.1) is 11.6 Å². The second kappa shape index (κ2) is 4.36. The molecule has 2 heteroatoms. The van der Waals surface area contributed by atoms with E-state index in [-0.39, 0.29) is 0 Å². The summed E-state index contributed by atoms with van der Waals surface area (Å²) in [6.07, 6.45) is 2.09. The molecule has 0 aliphatic carbocycles. The van der Waals surface area contributed by atoms with Gasteiger partial charge in [0.25, 0.3) is 0 Å². The lowest BCUT2D eigenvalue weighted by Crippen LogP contribution is -1.93. The number of hydrogen-bond acceptors (Lipinski definition) is 1. The summed E-state index contributed by atoms with van der Waals surface area (Å²) < 4.78 is 0. The molecular formula is C10H14ClN. The number of nitrogens with two attached hydrogens (primary N) is 1. The van der Waals surface area contributed by atoms with Gasteiger partial charge in [-0.05, 0) is 43.0 Å². The highest BCUT2D eigenvalue weighted by molar-refractivity contribution is 6.17. The standard InChI is InChI=1S/C10H14ClN/c1-8-7-10(12)5-4-9(8)3-2-6-11/h4-5,7H,2-3,6,12H2,1H3. The molecule has 0 amide bonds. The van der Waals surface area contributed by atoms with E-state index in [4.69, 9.17) is 17.3 Å². The third-order valence-corrected chi connectivity index (χ3v) is 2.21. The van der Waals surface area contributed by atoms with E-state index in [1.165, 1.54) is 11.1 Å². The second-order valence-electron chi connectivity index (χ2n) is 2.98. The number of rotatable bonds is 3. The van der Waals surface area contributed by atoms with Crippen molar-refractivity contribution in [1.29, 1.82) is 0 Å². The Morgan fingerprint density at radius 3 is 2.75 bits per heavy atom. The Hall–Kier alpha value is -0.690. The van der Waals surface area contributed by atoms with Gasteiger partial charge in [-0.1, -0.05) is 6.07 Å². The van der Waals surface area contributed by atoms with Crippen LogP contribution < -0.4 is 5.73 Å². The summed E-state index contributed by atoms with van der Waals surface area (Å²) in [5.41, 5.74) is 9.08. The number of nitrogen functional groups attached to an aromatic ring is 1. The number of halogens is 1. The number of anilines is 1. The fourth-order valence-electron chi connectivity index (χ4n) is 1.26. The van der Waals surface area contributed by atoms with Gasteiger partial charge in [0.2, 0.25) is 0 Å². The number of alkyl halides is 1. The Morgan fingerprint density at radius 1 is 1.42 bits per heavy atom. The molecule has 0 fully saturated rings. The van der Waals surface area contributed by atoms with E-state index in [2.05, 4.69) is 13.0 Å². The average molecular weight is 184 g/mol. The number of aryl methyl sites for hydroxylation is 2. The minimum Gasteiger partial charge on any atom is -0.399 e. The van der Waals surface area contributed by atoms with Gasteiger partial charge in [0.05, 0.1) is 0 Å². The van der Waals surface area contributed by atoms with Crippen molar-refractivity contribution >= 4 is 17.3 Å². The summed E-state index contributed by atoms with van der Waals surface area (Å²) in [6, 6.07) is 6.03. The summed E-state index contributed by atoms with van der Waals surface area (Å²) in [5, 5.41) is 0. The zero-order valence-electron chi connectivity index (χ0n) is 7.31. The smallest absolute Gasteiger partial charge is 0.0316 e. The van der Waals surface area contributed by atoms with Crippen LogP contribution in [0.1, 0.15) is 17.5 Å². The predicted molar refractivity (Wildman–Crippen MR) is 54.6 cm³/mol. The number of benzene rings is 1. The van der Waals surface area contributed by atoms with Crippen LogP contribution in [-0.4, -0.2) is 5.88 Å². The van der Waals surface area contributed by atoms with Crippen LogP contribution in [0.4, 0.5) is 5.69 Å². The largest absolute Gasteiger partial charge is 0.399 e. The molecule has 1 aromatic carbocycles. The molecule has 12 heavy (non-hydrogen) atoms. The molecular weight excluding hydrogens is 170 g/mol. The zero-order valence-corrected chi connectivity index (χ0v) is 8.06. The van der Waals surface area contributed by atoms with Crippen molar-refractivity contribution in [2.24, 2.45) is 0 Å². The van der Waals surface area contributed by atoms with Crippen molar-refractivity contribution in [3.05, 3.63) is 29.3 Å². The molecule has 0 atom stereocenters. The average Bonchev–Trinajstić information content (AvgIpc) is 2.03. The Labute approximate surface area is 78.5 Å². The van der Waals surface area contributed by atoms with Crippen LogP contribution in [0.2, 0.25) is 0 Å². The van der Waals surface area contributed by atoms with E-state index < -0.39 is 0 Å². The van der Waals surface area contributed by atoms with Crippen molar-refractivity contribution in [2.45, 2.75) is 19.8 Å². The van der Waals surface area contributed by atoms with Crippen LogP contribution in [0, 0.1) is 6.92 Å². The van der Waals surface area contributed by atoms with Crippen LogP contribution >= 0.6 is 11.6 Å². The van der Waals surface area contributed by atoms with E-state index in [1.807, 2.05) is 12.1 Å². The van der Waals surface area contributed by atoms with Crippen molar-refractivity contribution in [1.82, 2.24) is 0 Å². The van der Waals surface area contributed by atoms with Crippen molar-refractivity contribution in [2.75, 3.05) is 11.6 Å². The lowest BCUT2D eigenvalue weighted by molar-refractivity contribution is 0.920. The van der Waals surface area contributed by atoms with E-state index in [1.54, 1.807) is 0 Å². The van der Waals surface area contributed by atoms with Crippen LogP contribution in [-0.2, 0) is 6.42 Å². The van der Waals surface area contributed by atoms with Gasteiger partial charge in [0, 0.05) is 11.6 Å². The van der Waals surface area contributed by atoms with Gasteiger partial charge < -0.3 is 5.73 Å². The molecule has 1 rings (SSSR count). The molecule has 0 heterocycles. The second-order valence-corrected chi connectivity index (χ2v) is 3.36. The summed E-state index contributed by atoms with van der Waals surface area (Å²) >= 11 is 5.61. The van der Waals surface area contributed by atoms with Gasteiger partial charge >= 0.3 is 0 Å². The molecule has 0 aliphatic rings. The highest BCUT2D eigenvalue weighted by Gasteiger charge is 1.97. The molecule has 66 valence electrons. The van der Waals surface area contributed by atoms with E-state index in [0.29, 0.717) is 0 Å². The van der Waals surface area contributed by atoms with Gasteiger partial charge in [-0.2, -0.15) is 0 Å². The zero-order chi connectivity index (χ0) is 8.97. The van der Waals surface area contributed by atoms with Gasteiger partial charge in [0.1, 0.15) is 0 Å². The molecule has 2 N–H and O–H groups in total. The van der Waals surface area contributed by atoms with Crippen molar-refractivity contribution < 1.29 is 0 Å². The van der Waals surface area contributed by atoms with Crippen molar-refractivity contribution in [3.8, 4) is 0 Å². The van der Waals surface area contributed by atoms with Gasteiger partial charge in [-0.3, -0.25) is 0 Å². The van der Waals surface area contributed by atoms with Gasteiger partial charge in [0.15, 0.2) is 0 Å². The fourth-order valence-corrected chi connectivity index (χ4v) is 1.39. The highest BCUT2D eigenvalue weighted by Crippen LogP contribution is 2.14. The van der Waals surface area contributed by atoms with Crippen LogP contribution in [0.15, 0.2) is 18.2 Å². The minimum atomic E-state index is 0.726. The first-order valence-electron chi connectivity index (χ1n) is 4.15. The summed E-state index contributed by atoms with van der Waals surface area (Å²) in [4.78, 5) is 0. The molecule has 0 bridgehead atoms. The van der Waals surface area contributed by atoms with Crippen LogP contribution in [0.3, 0.4) is 0 Å². The molecule has 0 radical (unpaired) electrons. The first-order chi connectivity index (χ1) is 5.74. The highest BCUT2D eigenvalue weighted by atomic mass is 35.5. The molecule has 0 saturated carbocycles. The Balaban J connectivity index is 2.72. The third kappa shape index (κ3) is 2.42. The summed E-state index contributed by atoms with van der Waals surface area (Å²) in [5.74, 6) is 0.726. The number of hydrogen-bond donors (Lipinski definition) is 1. The molecule has 0 aromatic heterocycles. The predicted octanol–water partition coefficient (Wildman–Crippen LogP) is 2.75. The molecule has 1 nitrogen and oxygen atoms in total. The maximum atomic E-state index is 5.63. The van der Waals surface area contributed by atoms with Crippen LogP contribution in [0.5, 0.6) is 0 Å². The summed E-state index contributed by atoms with van der Waals surface area (Å²) in [6.45, 7) is 2.08. The lowest BCUT2D eigenvalue weighted by atomic mass is 10.0. The Bertz CT molecular complexity index is 258. The first-order valence-corrected chi connectivity index (χ1v) is 4.68. The Kier molecular flexibility index (Phi) is 3.42. The fraction of sp³-hybridized carbons (Fsp3) is 0.400. The lowest BCUT2D eigenvalue weighted by Gasteiger charge is -2.04. The SMILES string of the molecule is Cc1cc(N)ccc1CCCCl. The first kappa shape index (κ1) is 9.40. The van der Waals surface area contributed by atoms with E-state index in [0.717, 1.165) is 24.4 Å². The molecule has 0 aliphatic heterocycles. The summed E-state index contributed by atoms with van der Waals surface area (Å²) in [7, 11) is 0. The quantitative estimate of drug-likeness (QED) is 0.566. The Morgan fingerprint density at radius 2 is 2.17 bits per heavy atom. The van der Waals surface area contributed by atoms with E-state index in [9.17, 15) is 0 Å². The van der Waals surface area contributed by atoms with Crippen LogP contribution in [0.25, 0.3) is 0 Å². The monoisotopic (exact) mass is 183 g/mol. The maximum Gasteiger partial charge on any atom is 0.0316 e. The molecule has 1 aromatic rings. The van der Waals surface area contributed by atoms with Crippen molar-refractivity contribution in [3.63, 3.8) is 0 Å². The molecule has 0 unspecified atom stereocenters. The third-order valence-electron chi connectivity index (χ3n) is 1.95. The molecule has 0 spiro atoms. The van der Waals surface area contributed by atoms with Gasteiger partial charge in [-0.25, -0.2) is 0 Å².